The molecule has 3 N–H and O–H groups in total. The molecule has 1 aliphatic heterocycles. The highest BCUT2D eigenvalue weighted by atomic mass is 19.4. The molecule has 34 heavy (non-hydrogen) atoms. The highest BCUT2D eigenvalue weighted by Gasteiger charge is 2.59. The zero-order chi connectivity index (χ0) is 25.6. The Morgan fingerprint density at radius 3 is 2.12 bits per heavy atom. The maximum atomic E-state index is 13.1. The van der Waals surface area contributed by atoms with Gasteiger partial charge in [-0.05, 0) is 11.5 Å². The van der Waals surface area contributed by atoms with E-state index in [1.165, 1.54) is 4.90 Å². The molecule has 0 spiro atoms. The number of carbonyl (C=O) groups is 3. The number of carboxylic acids is 1. The molecule has 1 saturated carbocycles. The Bertz CT molecular complexity index is 970. The van der Waals surface area contributed by atoms with E-state index in [1.54, 1.807) is 0 Å². The SMILES string of the molecule is C=C[C@H]1/C(=C\C(C)C)[C@@H](C=Cc2ccccc2)[C@@H]2C(=O)N(CC[NH3+])C(=O)[C@@H]21.O=C([O-])C(F)(F)F. The number of imide groups is 1. The van der Waals surface area contributed by atoms with Gasteiger partial charge in [-0.15, -0.1) is 6.58 Å². The number of amides is 2. The fraction of sp³-hybridized carbons (Fsp3) is 0.400. The molecule has 2 aliphatic rings. The highest BCUT2D eigenvalue weighted by Crippen LogP contribution is 2.52. The van der Waals surface area contributed by atoms with E-state index in [9.17, 15) is 22.8 Å². The molecule has 1 aromatic rings. The number of hydrogen-bond acceptors (Lipinski definition) is 4. The lowest BCUT2D eigenvalue weighted by molar-refractivity contribution is -0.367. The largest absolute Gasteiger partial charge is 0.542 e. The molecule has 0 unspecified atom stereocenters. The molecule has 0 aromatic heterocycles. The quantitative estimate of drug-likeness (QED) is 0.498. The lowest BCUT2D eigenvalue weighted by Gasteiger charge is -2.21. The van der Waals surface area contributed by atoms with Crippen molar-refractivity contribution in [2.24, 2.45) is 29.6 Å². The topological polar surface area (TPSA) is 105 Å². The van der Waals surface area contributed by atoms with Crippen LogP contribution in [0.5, 0.6) is 0 Å². The van der Waals surface area contributed by atoms with Crippen LogP contribution < -0.4 is 10.8 Å². The summed E-state index contributed by atoms with van der Waals surface area (Å²) in [6.45, 7) is 9.16. The van der Waals surface area contributed by atoms with Crippen molar-refractivity contribution in [3.63, 3.8) is 0 Å². The fourth-order valence-electron chi connectivity index (χ4n) is 4.44. The summed E-state index contributed by atoms with van der Waals surface area (Å²) in [5, 5.41) is 8.78. The van der Waals surface area contributed by atoms with Crippen LogP contribution in [0.2, 0.25) is 0 Å². The van der Waals surface area contributed by atoms with Gasteiger partial charge in [-0.3, -0.25) is 14.5 Å². The van der Waals surface area contributed by atoms with E-state index in [2.05, 4.69) is 44.4 Å². The van der Waals surface area contributed by atoms with Gasteiger partial charge in [0.2, 0.25) is 11.8 Å². The third-order valence-corrected chi connectivity index (χ3v) is 5.72. The number of halogens is 3. The van der Waals surface area contributed by atoms with Crippen LogP contribution in [0.25, 0.3) is 6.08 Å². The van der Waals surface area contributed by atoms with Crippen molar-refractivity contribution in [3.05, 3.63) is 66.3 Å². The van der Waals surface area contributed by atoms with Crippen molar-refractivity contribution in [2.45, 2.75) is 20.0 Å². The summed E-state index contributed by atoms with van der Waals surface area (Å²) in [6.07, 6.45) is 3.02. The molecule has 184 valence electrons. The summed E-state index contributed by atoms with van der Waals surface area (Å²) in [5.41, 5.74) is 6.05. The Kier molecular flexibility index (Phi) is 8.98. The summed E-state index contributed by atoms with van der Waals surface area (Å²) in [6, 6.07) is 10.0. The standard InChI is InChI=1S/C23H28N2O2.C2HF3O2/c1-4-17-19(14-15(2)3)18(11-10-16-8-6-5-7-9-16)21-20(17)22(26)25(13-12-24)23(21)27;3-2(4,5)1(6)7/h4-11,14-15,17-18,20-21H,1,12-13,24H2,2-3H3;(H,6,7)/b11-10?,19-14+;/t17-,18+,20+,21-;/m0./s1. The average molecular weight is 479 g/mol. The zero-order valence-electron chi connectivity index (χ0n) is 19.1. The predicted octanol–water partition coefficient (Wildman–Crippen LogP) is 1.86. The first-order valence-corrected chi connectivity index (χ1v) is 10.9. The molecule has 1 heterocycles. The number of benzene rings is 1. The molecule has 0 bridgehead atoms. The maximum absolute atomic E-state index is 13.1. The number of alkyl halides is 3. The van der Waals surface area contributed by atoms with Crippen molar-refractivity contribution in [2.75, 3.05) is 13.1 Å². The number of allylic oxidation sites excluding steroid dienone is 4. The van der Waals surface area contributed by atoms with E-state index in [0.717, 1.165) is 11.1 Å². The van der Waals surface area contributed by atoms with Gasteiger partial charge in [0.25, 0.3) is 0 Å². The lowest BCUT2D eigenvalue weighted by atomic mass is 9.88. The summed E-state index contributed by atoms with van der Waals surface area (Å²) >= 11 is 0. The van der Waals surface area contributed by atoms with Crippen LogP contribution in [-0.2, 0) is 14.4 Å². The third-order valence-electron chi connectivity index (χ3n) is 5.72. The number of hydrogen-bond donors (Lipinski definition) is 1. The molecule has 2 fully saturated rings. The van der Waals surface area contributed by atoms with Gasteiger partial charge < -0.3 is 15.6 Å². The monoisotopic (exact) mass is 478 g/mol. The Morgan fingerprint density at radius 1 is 1.15 bits per heavy atom. The lowest BCUT2D eigenvalue weighted by Crippen LogP contribution is -2.56. The van der Waals surface area contributed by atoms with Gasteiger partial charge in [0.15, 0.2) is 0 Å². The van der Waals surface area contributed by atoms with Crippen molar-refractivity contribution in [1.82, 2.24) is 4.90 Å². The van der Waals surface area contributed by atoms with Crippen molar-refractivity contribution in [3.8, 4) is 0 Å². The van der Waals surface area contributed by atoms with Gasteiger partial charge in [0.05, 0.1) is 24.9 Å². The second-order valence-electron chi connectivity index (χ2n) is 8.49. The third kappa shape index (κ3) is 6.02. The van der Waals surface area contributed by atoms with Gasteiger partial charge in [-0.1, -0.05) is 74.1 Å². The van der Waals surface area contributed by atoms with Crippen molar-refractivity contribution in [1.29, 1.82) is 0 Å². The van der Waals surface area contributed by atoms with Gasteiger partial charge in [0.1, 0.15) is 5.97 Å². The molecule has 0 radical (unpaired) electrons. The number of rotatable bonds is 6. The number of aliphatic carboxylic acids is 1. The molecule has 3 rings (SSSR count). The van der Waals surface area contributed by atoms with E-state index >= 15 is 0 Å². The number of quaternary nitrogens is 1. The number of likely N-dealkylation sites (tertiary alicyclic amines) is 1. The van der Waals surface area contributed by atoms with Gasteiger partial charge >= 0.3 is 6.18 Å². The minimum Gasteiger partial charge on any atom is -0.542 e. The van der Waals surface area contributed by atoms with Crippen LogP contribution in [0.3, 0.4) is 0 Å². The van der Waals surface area contributed by atoms with Crippen LogP contribution in [0.1, 0.15) is 19.4 Å². The second-order valence-corrected chi connectivity index (χ2v) is 8.49. The molecule has 4 atom stereocenters. The first kappa shape index (κ1) is 27.0. The van der Waals surface area contributed by atoms with E-state index < -0.39 is 12.1 Å². The molecule has 2 amide bonds. The van der Waals surface area contributed by atoms with Gasteiger partial charge in [0, 0.05) is 11.8 Å². The molecular formula is C25H29F3N2O4. The first-order valence-electron chi connectivity index (χ1n) is 10.9. The van der Waals surface area contributed by atoms with Crippen LogP contribution in [-0.4, -0.2) is 41.9 Å². The normalized spacial score (nSPS) is 25.6. The Labute approximate surface area is 196 Å². The molecular weight excluding hydrogens is 449 g/mol. The smallest absolute Gasteiger partial charge is 0.430 e. The summed E-state index contributed by atoms with van der Waals surface area (Å²) in [5.74, 6) is -3.63. The highest BCUT2D eigenvalue weighted by molar-refractivity contribution is 6.07. The minimum atomic E-state index is -5.19. The number of fused-ring (bicyclic) bond motifs is 1. The number of carbonyl (C=O) groups excluding carboxylic acids is 3. The second kappa shape index (κ2) is 11.3. The Hall–Kier alpha value is -3.20. The van der Waals surface area contributed by atoms with Crippen LogP contribution in [0.15, 0.2) is 60.7 Å². The summed E-state index contributed by atoms with van der Waals surface area (Å²) in [7, 11) is 0. The first-order chi connectivity index (χ1) is 15.9. The van der Waals surface area contributed by atoms with E-state index in [4.69, 9.17) is 9.90 Å². The number of nitrogens with zero attached hydrogens (tertiary/aromatic N) is 1. The van der Waals surface area contributed by atoms with E-state index in [-0.39, 0.29) is 35.5 Å². The molecule has 1 aliphatic carbocycles. The maximum Gasteiger partial charge on any atom is 0.430 e. The molecule has 1 aromatic carbocycles. The predicted molar refractivity (Wildman–Crippen MR) is 118 cm³/mol. The zero-order valence-corrected chi connectivity index (χ0v) is 19.1. The van der Waals surface area contributed by atoms with Crippen molar-refractivity contribution >= 4 is 23.9 Å². The summed E-state index contributed by atoms with van der Waals surface area (Å²) < 4.78 is 31.5. The fourth-order valence-corrected chi connectivity index (χ4v) is 4.44. The minimum absolute atomic E-state index is 0.0598. The Balaban J connectivity index is 0.000000509. The molecule has 9 heteroatoms. The van der Waals surface area contributed by atoms with Gasteiger partial charge in [-0.25, -0.2) is 0 Å². The molecule has 1 saturated heterocycles. The summed E-state index contributed by atoms with van der Waals surface area (Å²) in [4.78, 5) is 36.3. The Morgan fingerprint density at radius 2 is 1.68 bits per heavy atom. The average Bonchev–Trinajstić information content (AvgIpc) is 3.19. The van der Waals surface area contributed by atoms with E-state index in [1.807, 2.05) is 36.4 Å². The van der Waals surface area contributed by atoms with Gasteiger partial charge in [-0.2, -0.15) is 13.2 Å². The van der Waals surface area contributed by atoms with E-state index in [0.29, 0.717) is 19.0 Å². The van der Waals surface area contributed by atoms with Crippen molar-refractivity contribution < 1.29 is 38.4 Å². The van der Waals surface area contributed by atoms with Crippen LogP contribution in [0, 0.1) is 29.6 Å². The van der Waals surface area contributed by atoms with Crippen LogP contribution in [0.4, 0.5) is 13.2 Å². The molecule has 6 nitrogen and oxygen atoms in total. The number of carboxylic acid groups (broad SMARTS) is 1. The van der Waals surface area contributed by atoms with Crippen LogP contribution >= 0.6 is 0 Å².